The predicted octanol–water partition coefficient (Wildman–Crippen LogP) is 8.37. The topological polar surface area (TPSA) is 26.3 Å². The first kappa shape index (κ1) is 25.1. The van der Waals surface area contributed by atoms with Crippen molar-refractivity contribution in [3.8, 4) is 0 Å². The van der Waals surface area contributed by atoms with Crippen LogP contribution < -0.4 is 0 Å². The van der Waals surface area contributed by atoms with Gasteiger partial charge in [0.2, 0.25) is 0 Å². The number of hydrogen-bond donors (Lipinski definition) is 0. The van der Waals surface area contributed by atoms with E-state index in [0.29, 0.717) is 16.7 Å². The lowest BCUT2D eigenvalue weighted by Crippen LogP contribution is -2.51. The maximum Gasteiger partial charge on any atom is 0.302 e. The molecule has 186 valence electrons. The molecule has 0 heterocycles. The highest BCUT2D eigenvalue weighted by atomic mass is 16.5. The van der Waals surface area contributed by atoms with E-state index in [0.717, 1.165) is 48.3 Å². The van der Waals surface area contributed by atoms with Gasteiger partial charge in [0.1, 0.15) is 6.10 Å². The molecule has 2 heteroatoms. The quantitative estimate of drug-likeness (QED) is 0.297. The third kappa shape index (κ3) is 4.50. The molecule has 0 aromatic heterocycles. The molecule has 0 N–H and O–H groups in total. The van der Waals surface area contributed by atoms with E-state index in [4.69, 9.17) is 4.74 Å². The number of fused-ring (bicyclic) bond motifs is 5. The number of carbonyl (C=O) groups is 1. The van der Waals surface area contributed by atoms with Gasteiger partial charge in [-0.3, -0.25) is 4.79 Å². The lowest BCUT2D eigenvalue weighted by molar-refractivity contribution is -0.148. The second kappa shape index (κ2) is 9.54. The standard InChI is InChI=1S/C31H50O2/c1-8-23(20(2)3)10-9-21(4)27-13-14-28-26-12-11-24-19-25(33-22(5)32)15-17-30(24,6)29(26)16-18-31(27,28)7/h9-11,20-21,23,25-29H,8,12-19H2,1-7H3/b10-9+/t21-,23?,25+,26+,27-,28+,29+,30+,31-/m1/s1. The summed E-state index contributed by atoms with van der Waals surface area (Å²) < 4.78 is 5.62. The van der Waals surface area contributed by atoms with Crippen molar-refractivity contribution in [3.05, 3.63) is 23.8 Å². The molecule has 0 spiro atoms. The van der Waals surface area contributed by atoms with Crippen molar-refractivity contribution >= 4 is 5.97 Å². The first-order valence-corrected chi connectivity index (χ1v) is 14.1. The molecule has 4 aliphatic rings. The molecule has 0 amide bonds. The van der Waals surface area contributed by atoms with Crippen molar-refractivity contribution in [2.75, 3.05) is 0 Å². The normalized spacial score (nSPS) is 42.3. The van der Waals surface area contributed by atoms with Crippen LogP contribution in [-0.4, -0.2) is 12.1 Å². The van der Waals surface area contributed by atoms with Crippen molar-refractivity contribution in [2.24, 2.45) is 52.3 Å². The number of carbonyl (C=O) groups excluding carboxylic acids is 1. The maximum atomic E-state index is 11.5. The Kier molecular flexibility index (Phi) is 7.24. The monoisotopic (exact) mass is 454 g/mol. The number of hydrogen-bond acceptors (Lipinski definition) is 2. The van der Waals surface area contributed by atoms with Gasteiger partial charge in [0.25, 0.3) is 0 Å². The Bertz CT molecular complexity index is 778. The van der Waals surface area contributed by atoms with Gasteiger partial charge < -0.3 is 4.74 Å². The third-order valence-corrected chi connectivity index (χ3v) is 11.1. The van der Waals surface area contributed by atoms with Crippen LogP contribution in [-0.2, 0) is 9.53 Å². The molecule has 2 nitrogen and oxygen atoms in total. The van der Waals surface area contributed by atoms with Crippen LogP contribution in [0, 0.1) is 52.3 Å². The van der Waals surface area contributed by atoms with Crippen LogP contribution in [0.1, 0.15) is 106 Å². The zero-order chi connectivity index (χ0) is 24.0. The minimum absolute atomic E-state index is 0.105. The smallest absolute Gasteiger partial charge is 0.302 e. The molecule has 33 heavy (non-hydrogen) atoms. The third-order valence-electron chi connectivity index (χ3n) is 11.1. The van der Waals surface area contributed by atoms with E-state index in [9.17, 15) is 4.79 Å². The van der Waals surface area contributed by atoms with Gasteiger partial charge in [-0.2, -0.15) is 0 Å². The molecule has 3 saturated carbocycles. The lowest BCUT2D eigenvalue weighted by Gasteiger charge is -2.58. The Morgan fingerprint density at radius 3 is 2.52 bits per heavy atom. The van der Waals surface area contributed by atoms with Gasteiger partial charge in [-0.05, 0) is 104 Å². The minimum Gasteiger partial charge on any atom is -0.462 e. The summed E-state index contributed by atoms with van der Waals surface area (Å²) in [5.41, 5.74) is 2.44. The summed E-state index contributed by atoms with van der Waals surface area (Å²) in [5, 5.41) is 0. The van der Waals surface area contributed by atoms with E-state index < -0.39 is 0 Å². The van der Waals surface area contributed by atoms with E-state index in [1.807, 2.05) is 0 Å². The molecule has 3 fully saturated rings. The Hall–Kier alpha value is -1.05. The second-order valence-electron chi connectivity index (χ2n) is 13.0. The highest BCUT2D eigenvalue weighted by molar-refractivity contribution is 5.66. The van der Waals surface area contributed by atoms with Crippen molar-refractivity contribution in [1.82, 2.24) is 0 Å². The number of esters is 1. The lowest BCUT2D eigenvalue weighted by atomic mass is 9.47. The summed E-state index contributed by atoms with van der Waals surface area (Å²) in [4.78, 5) is 11.5. The van der Waals surface area contributed by atoms with E-state index in [1.165, 1.54) is 44.9 Å². The summed E-state index contributed by atoms with van der Waals surface area (Å²) in [5.74, 6) is 5.41. The molecule has 9 atom stereocenters. The molecule has 0 aliphatic heterocycles. The second-order valence-corrected chi connectivity index (χ2v) is 13.0. The van der Waals surface area contributed by atoms with Crippen LogP contribution in [0.25, 0.3) is 0 Å². The average Bonchev–Trinajstić information content (AvgIpc) is 3.11. The number of allylic oxidation sites excluding steroid dienone is 3. The van der Waals surface area contributed by atoms with E-state index >= 15 is 0 Å². The van der Waals surface area contributed by atoms with E-state index in [1.54, 1.807) is 12.5 Å². The summed E-state index contributed by atoms with van der Waals surface area (Å²) in [6, 6.07) is 0. The Balaban J connectivity index is 1.49. The number of rotatable bonds is 6. The van der Waals surface area contributed by atoms with E-state index in [-0.39, 0.29) is 12.1 Å². The summed E-state index contributed by atoms with van der Waals surface area (Å²) in [7, 11) is 0. The first-order valence-electron chi connectivity index (χ1n) is 14.1. The molecule has 0 radical (unpaired) electrons. The summed E-state index contributed by atoms with van der Waals surface area (Å²) in [6.07, 6.45) is 19.2. The van der Waals surface area contributed by atoms with Gasteiger partial charge in [-0.25, -0.2) is 0 Å². The molecular formula is C31H50O2. The van der Waals surface area contributed by atoms with Crippen molar-refractivity contribution in [3.63, 3.8) is 0 Å². The molecule has 0 aromatic rings. The predicted molar refractivity (Wildman–Crippen MR) is 138 cm³/mol. The fourth-order valence-electron chi connectivity index (χ4n) is 9.15. The molecule has 0 aromatic carbocycles. The van der Waals surface area contributed by atoms with Crippen LogP contribution >= 0.6 is 0 Å². The fourth-order valence-corrected chi connectivity index (χ4v) is 9.15. The minimum atomic E-state index is -0.120. The van der Waals surface area contributed by atoms with Crippen LogP contribution in [0.2, 0.25) is 0 Å². The molecular weight excluding hydrogens is 404 g/mol. The van der Waals surface area contributed by atoms with Gasteiger partial charge >= 0.3 is 5.97 Å². The number of ether oxygens (including phenoxy) is 1. The van der Waals surface area contributed by atoms with Crippen molar-refractivity contribution < 1.29 is 9.53 Å². The van der Waals surface area contributed by atoms with Crippen LogP contribution in [0.5, 0.6) is 0 Å². The zero-order valence-electron chi connectivity index (χ0n) is 22.5. The Morgan fingerprint density at radius 1 is 1.09 bits per heavy atom. The summed E-state index contributed by atoms with van der Waals surface area (Å²) in [6.45, 7) is 16.3. The Labute approximate surface area is 204 Å². The van der Waals surface area contributed by atoms with Gasteiger partial charge in [-0.1, -0.05) is 65.3 Å². The Morgan fingerprint density at radius 2 is 1.85 bits per heavy atom. The molecule has 1 unspecified atom stereocenters. The zero-order valence-corrected chi connectivity index (χ0v) is 22.5. The van der Waals surface area contributed by atoms with Crippen LogP contribution in [0.4, 0.5) is 0 Å². The van der Waals surface area contributed by atoms with Gasteiger partial charge in [0.05, 0.1) is 0 Å². The molecule has 0 bridgehead atoms. The molecule has 0 saturated heterocycles. The molecule has 4 rings (SSSR count). The SMILES string of the molecule is CCC(/C=C/[C@@H](C)[C@H]1CC[C@H]2[C@@H]3CC=C4C[C@@H](OC(C)=O)CC[C@]4(C)[C@H]3CC[C@]12C)C(C)C. The highest BCUT2D eigenvalue weighted by Gasteiger charge is 2.59. The van der Waals surface area contributed by atoms with Crippen molar-refractivity contribution in [2.45, 2.75) is 112 Å². The average molecular weight is 455 g/mol. The van der Waals surface area contributed by atoms with Gasteiger partial charge in [0, 0.05) is 13.3 Å². The fraction of sp³-hybridized carbons (Fsp3) is 0.839. The maximum absolute atomic E-state index is 11.5. The van der Waals surface area contributed by atoms with Gasteiger partial charge in [-0.15, -0.1) is 0 Å². The van der Waals surface area contributed by atoms with Crippen molar-refractivity contribution in [1.29, 1.82) is 0 Å². The molecule has 4 aliphatic carbocycles. The summed E-state index contributed by atoms with van der Waals surface area (Å²) >= 11 is 0. The first-order chi connectivity index (χ1) is 15.6. The van der Waals surface area contributed by atoms with E-state index in [2.05, 4.69) is 59.8 Å². The highest BCUT2D eigenvalue weighted by Crippen LogP contribution is 2.67. The van der Waals surface area contributed by atoms with Gasteiger partial charge in [0.15, 0.2) is 0 Å². The van der Waals surface area contributed by atoms with Crippen LogP contribution in [0.3, 0.4) is 0 Å². The van der Waals surface area contributed by atoms with Crippen LogP contribution in [0.15, 0.2) is 23.8 Å². The largest absolute Gasteiger partial charge is 0.462 e.